The summed E-state index contributed by atoms with van der Waals surface area (Å²) in [5.74, 6) is 0.459. The molecule has 2 aliphatic rings. The molecule has 11 heteroatoms. The Morgan fingerprint density at radius 2 is 1.73 bits per heavy atom. The first-order valence-corrected chi connectivity index (χ1v) is 12.3. The van der Waals surface area contributed by atoms with Crippen molar-refractivity contribution in [3.8, 4) is 0 Å². The molecule has 3 heterocycles. The largest absolute Gasteiger partial charge is 0.419 e. The average Bonchev–Trinajstić information content (AvgIpc) is 3.05. The molecule has 2 aliphatic heterocycles. The predicted octanol–water partition coefficient (Wildman–Crippen LogP) is 3.71. The molecule has 2 aromatic rings. The van der Waals surface area contributed by atoms with E-state index in [1.54, 1.807) is 18.7 Å². The summed E-state index contributed by atoms with van der Waals surface area (Å²) in [6.07, 6.45) is -2.38. The van der Waals surface area contributed by atoms with E-state index in [0.29, 0.717) is 69.5 Å². The van der Waals surface area contributed by atoms with Crippen LogP contribution >= 0.6 is 0 Å². The lowest BCUT2D eigenvalue weighted by molar-refractivity contribution is -0.137. The first-order valence-electron chi connectivity index (χ1n) is 12.3. The molecular formula is C26H33F3N6O2. The van der Waals surface area contributed by atoms with Crippen molar-refractivity contribution in [2.75, 3.05) is 44.3 Å². The molecule has 4 rings (SSSR count). The van der Waals surface area contributed by atoms with Gasteiger partial charge in [0.1, 0.15) is 11.7 Å². The predicted molar refractivity (Wildman–Crippen MR) is 136 cm³/mol. The molecule has 1 aromatic heterocycles. The highest BCUT2D eigenvalue weighted by Crippen LogP contribution is 2.36. The molecule has 1 fully saturated rings. The number of morpholine rings is 1. The van der Waals surface area contributed by atoms with Gasteiger partial charge in [-0.1, -0.05) is 12.1 Å². The number of anilines is 1. The van der Waals surface area contributed by atoms with Crippen molar-refractivity contribution in [1.29, 1.82) is 0 Å². The fourth-order valence-corrected chi connectivity index (χ4v) is 4.34. The van der Waals surface area contributed by atoms with Crippen LogP contribution in [0.4, 0.5) is 24.7 Å². The standard InChI is InChI=1S/C26H33F3N6O2/c1-25(2,36)18-5-7-19(8-6-18)32-23(33-35-14-16-37-17-15-35)20-9-12-34(13-10-22(20)30)24-21(26(27,28)29)4-3-11-31-24/h3-8,11,36H,9-10,12-17,30H2,1-2H3,(H,32,33). The fraction of sp³-hybridized carbons (Fsp3) is 0.462. The maximum absolute atomic E-state index is 13.6. The van der Waals surface area contributed by atoms with Crippen LogP contribution in [0.1, 0.15) is 37.8 Å². The summed E-state index contributed by atoms with van der Waals surface area (Å²) >= 11 is 0. The van der Waals surface area contributed by atoms with E-state index < -0.39 is 17.3 Å². The Balaban J connectivity index is 1.62. The maximum atomic E-state index is 13.6. The summed E-state index contributed by atoms with van der Waals surface area (Å²) < 4.78 is 46.3. The molecular weight excluding hydrogens is 485 g/mol. The van der Waals surface area contributed by atoms with Crippen molar-refractivity contribution in [2.45, 2.75) is 38.5 Å². The lowest BCUT2D eigenvalue weighted by Gasteiger charge is -2.29. The number of aliphatic hydroxyl groups is 1. The first-order chi connectivity index (χ1) is 17.5. The quantitative estimate of drug-likeness (QED) is 0.410. The van der Waals surface area contributed by atoms with Gasteiger partial charge in [-0.3, -0.25) is 0 Å². The van der Waals surface area contributed by atoms with Crippen molar-refractivity contribution in [2.24, 2.45) is 10.7 Å². The number of alkyl halides is 3. The van der Waals surface area contributed by atoms with E-state index in [4.69, 9.17) is 15.5 Å². The van der Waals surface area contributed by atoms with E-state index in [0.717, 1.165) is 17.2 Å². The van der Waals surface area contributed by atoms with Crippen molar-refractivity contribution in [3.05, 3.63) is 65.0 Å². The molecule has 1 saturated heterocycles. The average molecular weight is 519 g/mol. The molecule has 200 valence electrons. The number of hydrogen-bond acceptors (Lipinski definition) is 7. The number of pyridine rings is 1. The van der Waals surface area contributed by atoms with Crippen LogP contribution in [0.2, 0.25) is 0 Å². The number of rotatable bonds is 5. The molecule has 0 saturated carbocycles. The smallest absolute Gasteiger partial charge is 0.402 e. The second-order valence-corrected chi connectivity index (χ2v) is 9.64. The summed E-state index contributed by atoms with van der Waals surface area (Å²) in [6.45, 7) is 6.48. The van der Waals surface area contributed by atoms with Crippen LogP contribution in [0.15, 0.2) is 58.9 Å². The zero-order valence-corrected chi connectivity index (χ0v) is 21.1. The Labute approximate surface area is 214 Å². The lowest BCUT2D eigenvalue weighted by Crippen LogP contribution is -2.49. The Bertz CT molecular complexity index is 1140. The highest BCUT2D eigenvalue weighted by Gasteiger charge is 2.36. The van der Waals surface area contributed by atoms with Gasteiger partial charge in [-0.2, -0.15) is 13.2 Å². The van der Waals surface area contributed by atoms with Gasteiger partial charge in [0, 0.05) is 50.1 Å². The van der Waals surface area contributed by atoms with Crippen molar-refractivity contribution in [3.63, 3.8) is 0 Å². The van der Waals surface area contributed by atoms with Crippen LogP contribution in [0.25, 0.3) is 0 Å². The number of amidine groups is 1. The van der Waals surface area contributed by atoms with Gasteiger partial charge in [-0.05, 0) is 50.1 Å². The molecule has 0 radical (unpaired) electrons. The van der Waals surface area contributed by atoms with E-state index >= 15 is 0 Å². The van der Waals surface area contributed by atoms with E-state index in [1.165, 1.54) is 12.3 Å². The van der Waals surface area contributed by atoms with Crippen LogP contribution in [0, 0.1) is 0 Å². The Morgan fingerprint density at radius 3 is 2.38 bits per heavy atom. The summed E-state index contributed by atoms with van der Waals surface area (Å²) in [5.41, 5.74) is 10.9. The molecule has 1 aromatic carbocycles. The highest BCUT2D eigenvalue weighted by atomic mass is 19.4. The van der Waals surface area contributed by atoms with Gasteiger partial charge in [0.25, 0.3) is 0 Å². The molecule has 37 heavy (non-hydrogen) atoms. The van der Waals surface area contributed by atoms with Crippen molar-refractivity contribution < 1.29 is 23.0 Å². The Morgan fingerprint density at radius 1 is 1.05 bits per heavy atom. The second-order valence-electron chi connectivity index (χ2n) is 9.64. The minimum atomic E-state index is -4.50. The first kappa shape index (κ1) is 26.9. The zero-order valence-electron chi connectivity index (χ0n) is 21.1. The number of hydrazine groups is 1. The number of nitrogens with two attached hydrogens (primary N) is 1. The van der Waals surface area contributed by atoms with Crippen molar-refractivity contribution >= 4 is 17.3 Å². The summed E-state index contributed by atoms with van der Waals surface area (Å²) in [4.78, 5) is 10.5. The third kappa shape index (κ3) is 6.79. The van der Waals surface area contributed by atoms with Gasteiger partial charge in [0.05, 0.1) is 30.1 Å². The second kappa shape index (κ2) is 11.1. The monoisotopic (exact) mass is 518 g/mol. The third-order valence-electron chi connectivity index (χ3n) is 6.44. The number of nitrogens with zero attached hydrogens (tertiary/aromatic N) is 4. The van der Waals surface area contributed by atoms with Crippen LogP contribution in [0.5, 0.6) is 0 Å². The minimum Gasteiger partial charge on any atom is -0.402 e. The minimum absolute atomic E-state index is 0.0918. The zero-order chi connectivity index (χ0) is 26.6. The SMILES string of the molecule is CC(C)(O)c1ccc(N=C(NN2CCOCC2)C2=C(N)CCN(c3ncccc3C(F)(F)F)CC2)cc1. The van der Waals surface area contributed by atoms with Crippen LogP contribution in [-0.4, -0.2) is 60.3 Å². The van der Waals surface area contributed by atoms with Gasteiger partial charge < -0.3 is 25.9 Å². The van der Waals surface area contributed by atoms with Gasteiger partial charge in [-0.15, -0.1) is 0 Å². The number of ether oxygens (including phenoxy) is 1. The number of halogens is 3. The molecule has 0 aliphatic carbocycles. The Kier molecular flexibility index (Phi) is 8.05. The Hall–Kier alpha value is -3.15. The third-order valence-corrected chi connectivity index (χ3v) is 6.44. The maximum Gasteiger partial charge on any atom is 0.419 e. The van der Waals surface area contributed by atoms with Crippen molar-refractivity contribution in [1.82, 2.24) is 15.4 Å². The van der Waals surface area contributed by atoms with E-state index in [-0.39, 0.29) is 5.82 Å². The number of nitrogens with one attached hydrogen (secondary N) is 1. The normalized spacial score (nSPS) is 18.6. The van der Waals surface area contributed by atoms with E-state index in [1.807, 2.05) is 29.3 Å². The van der Waals surface area contributed by atoms with Gasteiger partial charge in [0.2, 0.25) is 0 Å². The van der Waals surface area contributed by atoms with Crippen LogP contribution in [-0.2, 0) is 16.5 Å². The fourth-order valence-electron chi connectivity index (χ4n) is 4.34. The number of hydrogen-bond donors (Lipinski definition) is 3. The summed E-state index contributed by atoms with van der Waals surface area (Å²) in [5, 5.41) is 12.3. The number of aromatic nitrogens is 1. The van der Waals surface area contributed by atoms with E-state index in [9.17, 15) is 18.3 Å². The summed E-state index contributed by atoms with van der Waals surface area (Å²) in [7, 11) is 0. The topological polar surface area (TPSA) is 99.2 Å². The van der Waals surface area contributed by atoms with E-state index in [2.05, 4.69) is 10.4 Å². The summed E-state index contributed by atoms with van der Waals surface area (Å²) in [6, 6.07) is 9.61. The molecule has 0 amide bonds. The lowest BCUT2D eigenvalue weighted by atomic mass is 9.98. The molecule has 8 nitrogen and oxygen atoms in total. The highest BCUT2D eigenvalue weighted by molar-refractivity contribution is 6.00. The molecule has 0 bridgehead atoms. The van der Waals surface area contributed by atoms with Gasteiger partial charge >= 0.3 is 6.18 Å². The molecule has 0 unspecified atom stereocenters. The van der Waals surface area contributed by atoms with Crippen LogP contribution < -0.4 is 16.1 Å². The van der Waals surface area contributed by atoms with Gasteiger partial charge in [-0.25, -0.2) is 15.0 Å². The van der Waals surface area contributed by atoms with Gasteiger partial charge in [0.15, 0.2) is 0 Å². The number of benzene rings is 1. The molecule has 4 N–H and O–H groups in total. The van der Waals surface area contributed by atoms with Crippen LogP contribution in [0.3, 0.4) is 0 Å². The molecule has 0 spiro atoms. The molecule has 0 atom stereocenters. The number of aliphatic imine (C=N–C) groups is 1.